The lowest BCUT2D eigenvalue weighted by Gasteiger charge is -2.20. The number of sulfonamides is 1. The van der Waals surface area contributed by atoms with Gasteiger partial charge in [0, 0.05) is 0 Å². The molecule has 10 heteroatoms. The third kappa shape index (κ3) is 3.70. The number of nitrogens with one attached hydrogen (secondary N) is 1. The van der Waals surface area contributed by atoms with Gasteiger partial charge >= 0.3 is 17.9 Å². The van der Waals surface area contributed by atoms with Crippen LogP contribution in [0.5, 0.6) is 0 Å². The van der Waals surface area contributed by atoms with Crippen molar-refractivity contribution >= 4 is 22.0 Å². The predicted octanol–water partition coefficient (Wildman–Crippen LogP) is 1.34. The van der Waals surface area contributed by atoms with Crippen LogP contribution in [0.3, 0.4) is 0 Å². The molecule has 0 radical (unpaired) electrons. The Labute approximate surface area is 138 Å². The number of rotatable bonds is 6. The molecule has 0 bridgehead atoms. The normalized spacial score (nSPS) is 11.9. The molecule has 134 valence electrons. The molecule has 0 amide bonds. The highest BCUT2D eigenvalue weighted by molar-refractivity contribution is 7.89. The summed E-state index contributed by atoms with van der Waals surface area (Å²) in [4.78, 5) is 22.4. The van der Waals surface area contributed by atoms with Crippen LogP contribution < -0.4 is 4.72 Å². The molecule has 0 aliphatic heterocycles. The van der Waals surface area contributed by atoms with Gasteiger partial charge in [-0.15, -0.1) is 0 Å². The Morgan fingerprint density at radius 3 is 2.33 bits per heavy atom. The molecule has 1 aromatic carbocycles. The number of halogens is 2. The Morgan fingerprint density at radius 1 is 1.29 bits per heavy atom. The zero-order chi connectivity index (χ0) is 18.7. The van der Waals surface area contributed by atoms with Crippen molar-refractivity contribution in [2.24, 2.45) is 0 Å². The number of methoxy groups -OCH3 is 1. The van der Waals surface area contributed by atoms with E-state index < -0.39 is 38.3 Å². The number of esters is 2. The van der Waals surface area contributed by atoms with Gasteiger partial charge in [-0.2, -0.15) is 8.78 Å². The average Bonchev–Trinajstić information content (AvgIpc) is 2.53. The van der Waals surface area contributed by atoms with E-state index in [1.54, 1.807) is 0 Å². The zero-order valence-corrected chi connectivity index (χ0v) is 14.3. The largest absolute Gasteiger partial charge is 0.465 e. The summed E-state index contributed by atoms with van der Waals surface area (Å²) in [5.41, 5.74) is -1.35. The molecule has 0 fully saturated rings. The molecule has 0 spiro atoms. The van der Waals surface area contributed by atoms with Gasteiger partial charge in [-0.3, -0.25) is 0 Å². The second-order valence-corrected chi connectivity index (χ2v) is 6.51. The summed E-state index contributed by atoms with van der Waals surface area (Å²) in [7, 11) is -2.24. The van der Waals surface area contributed by atoms with Gasteiger partial charge in [0.15, 0.2) is 0 Å². The highest BCUT2D eigenvalue weighted by Gasteiger charge is 2.47. The third-order valence-corrected chi connectivity index (χ3v) is 4.61. The number of alkyl halides is 2. The first-order valence-corrected chi connectivity index (χ1v) is 8.23. The summed E-state index contributed by atoms with van der Waals surface area (Å²) in [6.45, 7) is 2.36. The number of carbonyl (C=O) groups is 2. The van der Waals surface area contributed by atoms with Crippen molar-refractivity contribution in [1.29, 1.82) is 0 Å². The van der Waals surface area contributed by atoms with Crippen molar-refractivity contribution in [2.75, 3.05) is 20.8 Å². The van der Waals surface area contributed by atoms with Crippen molar-refractivity contribution in [2.45, 2.75) is 24.7 Å². The van der Waals surface area contributed by atoms with Crippen LogP contribution >= 0.6 is 0 Å². The quantitative estimate of drug-likeness (QED) is 0.764. The molecule has 7 nitrogen and oxygen atoms in total. The van der Waals surface area contributed by atoms with E-state index in [9.17, 15) is 26.8 Å². The maximum Gasteiger partial charge on any atom is 0.382 e. The molecule has 0 heterocycles. The molecular weight excluding hydrogens is 348 g/mol. The fourth-order valence-electron chi connectivity index (χ4n) is 1.92. The fourth-order valence-corrected chi connectivity index (χ4v) is 2.95. The monoisotopic (exact) mass is 365 g/mol. The molecule has 0 aromatic heterocycles. The topological polar surface area (TPSA) is 98.8 Å². The van der Waals surface area contributed by atoms with Crippen LogP contribution in [0.25, 0.3) is 0 Å². The molecule has 1 N–H and O–H groups in total. The molecule has 0 saturated heterocycles. The van der Waals surface area contributed by atoms with E-state index in [2.05, 4.69) is 9.47 Å². The Hall–Kier alpha value is -2.07. The molecule has 0 unspecified atom stereocenters. The predicted molar refractivity (Wildman–Crippen MR) is 79.3 cm³/mol. The maximum absolute atomic E-state index is 14.4. The van der Waals surface area contributed by atoms with E-state index in [0.717, 1.165) is 20.2 Å². The van der Waals surface area contributed by atoms with Crippen LogP contribution in [-0.4, -0.2) is 41.1 Å². The highest BCUT2D eigenvalue weighted by atomic mass is 32.2. The molecule has 0 aliphatic rings. The Morgan fingerprint density at radius 2 is 1.88 bits per heavy atom. The first kappa shape index (κ1) is 20.0. The Bertz CT molecular complexity index is 761. The van der Waals surface area contributed by atoms with Crippen LogP contribution in [0.2, 0.25) is 0 Å². The number of hydrogen-bond acceptors (Lipinski definition) is 6. The fraction of sp³-hybridized carbons (Fsp3) is 0.429. The molecule has 0 aliphatic carbocycles. The molecule has 1 rings (SSSR count). The Balaban J connectivity index is 3.77. The summed E-state index contributed by atoms with van der Waals surface area (Å²) >= 11 is 0. The number of ether oxygens (including phenoxy) is 2. The lowest BCUT2D eigenvalue weighted by molar-refractivity contribution is -0.173. The van der Waals surface area contributed by atoms with Gasteiger partial charge in [-0.25, -0.2) is 22.7 Å². The van der Waals surface area contributed by atoms with Crippen molar-refractivity contribution in [1.82, 2.24) is 4.72 Å². The lowest BCUT2D eigenvalue weighted by atomic mass is 10.0. The van der Waals surface area contributed by atoms with Gasteiger partial charge in [0.05, 0.1) is 29.7 Å². The molecular formula is C14H17F2NO6S. The highest BCUT2D eigenvalue weighted by Crippen LogP contribution is 2.36. The first-order valence-electron chi connectivity index (χ1n) is 6.74. The smallest absolute Gasteiger partial charge is 0.382 e. The minimum Gasteiger partial charge on any atom is -0.465 e. The van der Waals surface area contributed by atoms with Crippen LogP contribution in [0.1, 0.15) is 28.4 Å². The summed E-state index contributed by atoms with van der Waals surface area (Å²) in [5, 5.41) is 0. The number of carbonyl (C=O) groups excluding carboxylic acids is 2. The standard InChI is InChI=1S/C14H17F2NO6S/c1-5-23-13(19)14(15,16)10-7-9(12(18)22-4)8(2)6-11(10)24(20,21)17-3/h6-7,17H,5H2,1-4H3. The van der Waals surface area contributed by atoms with Gasteiger partial charge in [0.25, 0.3) is 0 Å². The van der Waals surface area contributed by atoms with Crippen molar-refractivity contribution < 1.29 is 36.3 Å². The van der Waals surface area contributed by atoms with E-state index >= 15 is 0 Å². The van der Waals surface area contributed by atoms with Gasteiger partial charge < -0.3 is 9.47 Å². The molecule has 0 saturated carbocycles. The molecule has 24 heavy (non-hydrogen) atoms. The van der Waals surface area contributed by atoms with Gasteiger partial charge in [-0.05, 0) is 38.6 Å². The van der Waals surface area contributed by atoms with Gasteiger partial charge in [-0.1, -0.05) is 0 Å². The van der Waals surface area contributed by atoms with E-state index in [-0.39, 0.29) is 17.7 Å². The number of benzene rings is 1. The summed E-state index contributed by atoms with van der Waals surface area (Å²) in [5.74, 6) is -7.13. The second kappa shape index (κ2) is 7.22. The third-order valence-electron chi connectivity index (χ3n) is 3.16. The lowest BCUT2D eigenvalue weighted by Crippen LogP contribution is -2.32. The van der Waals surface area contributed by atoms with Crippen molar-refractivity contribution in [3.8, 4) is 0 Å². The average molecular weight is 365 g/mol. The number of aryl methyl sites for hydroxylation is 1. The minimum absolute atomic E-state index is 0.0964. The Kier molecular flexibility index (Phi) is 6.01. The summed E-state index contributed by atoms with van der Waals surface area (Å²) < 4.78 is 63.6. The second-order valence-electron chi connectivity index (χ2n) is 4.66. The van der Waals surface area contributed by atoms with E-state index in [0.29, 0.717) is 6.07 Å². The summed E-state index contributed by atoms with van der Waals surface area (Å²) in [6.07, 6.45) is 0. The zero-order valence-electron chi connectivity index (χ0n) is 13.5. The van der Waals surface area contributed by atoms with Crippen LogP contribution in [0, 0.1) is 6.92 Å². The van der Waals surface area contributed by atoms with Crippen LogP contribution in [0.15, 0.2) is 17.0 Å². The van der Waals surface area contributed by atoms with E-state index in [1.807, 2.05) is 4.72 Å². The van der Waals surface area contributed by atoms with Gasteiger partial charge in [0.2, 0.25) is 10.0 Å². The van der Waals surface area contributed by atoms with Crippen molar-refractivity contribution in [3.63, 3.8) is 0 Å². The summed E-state index contributed by atoms with van der Waals surface area (Å²) in [6, 6.07) is 1.50. The minimum atomic E-state index is -4.32. The first-order chi connectivity index (χ1) is 11.0. The molecule has 1 aromatic rings. The van der Waals surface area contributed by atoms with E-state index in [1.165, 1.54) is 13.8 Å². The number of hydrogen-bond donors (Lipinski definition) is 1. The van der Waals surface area contributed by atoms with E-state index in [4.69, 9.17) is 0 Å². The van der Waals surface area contributed by atoms with Crippen LogP contribution in [-0.2, 0) is 30.2 Å². The van der Waals surface area contributed by atoms with Crippen molar-refractivity contribution in [3.05, 3.63) is 28.8 Å². The van der Waals surface area contributed by atoms with Gasteiger partial charge in [0.1, 0.15) is 0 Å². The van der Waals surface area contributed by atoms with Crippen LogP contribution in [0.4, 0.5) is 8.78 Å². The SMILES string of the molecule is CCOC(=O)C(F)(F)c1cc(C(=O)OC)c(C)cc1S(=O)(=O)NC. The maximum atomic E-state index is 14.4. The molecule has 0 atom stereocenters.